The normalized spacial score (nSPS) is 15.8. The molecule has 4 amide bonds. The van der Waals surface area contributed by atoms with Gasteiger partial charge in [0.25, 0.3) is 0 Å². The quantitative estimate of drug-likeness (QED) is 0.0718. The highest BCUT2D eigenvalue weighted by Gasteiger charge is 2.36. The van der Waals surface area contributed by atoms with Crippen LogP contribution in [0.4, 0.5) is 0 Å². The summed E-state index contributed by atoms with van der Waals surface area (Å²) in [6.45, 7) is 2.41. The van der Waals surface area contributed by atoms with Crippen molar-refractivity contribution in [3.63, 3.8) is 0 Å². The number of aliphatic carboxylic acids is 1. The maximum Gasteiger partial charge on any atom is 0.524 e. The van der Waals surface area contributed by atoms with E-state index in [0.29, 0.717) is 0 Å². The SMILES string of the molecule is C[C@H](N)C(=O)N[C@H](C(=O)N[C@@H](Cc1ccc(OP(=O)(O)O)cc1)C(=O)N[C@@H](CO)C(=O)N[C@@H](C)C(=O)O)[C@@H](C)OP(=O)(O)O. The Labute approximate surface area is 250 Å². The summed E-state index contributed by atoms with van der Waals surface area (Å²) in [4.78, 5) is 98.6. The zero-order chi connectivity index (χ0) is 34.0. The van der Waals surface area contributed by atoms with Crippen molar-refractivity contribution in [3.05, 3.63) is 29.8 Å². The van der Waals surface area contributed by atoms with E-state index in [2.05, 4.69) is 25.0 Å². The number of rotatable bonds is 17. The van der Waals surface area contributed by atoms with E-state index in [9.17, 15) is 48.0 Å². The van der Waals surface area contributed by atoms with Crippen LogP contribution >= 0.6 is 15.6 Å². The van der Waals surface area contributed by atoms with Crippen LogP contribution in [-0.4, -0.2) is 102 Å². The lowest BCUT2D eigenvalue weighted by molar-refractivity contribution is -0.142. The fraction of sp³-hybridized carbons (Fsp3) is 0.500. The van der Waals surface area contributed by atoms with E-state index >= 15 is 0 Å². The van der Waals surface area contributed by atoms with E-state index in [1.54, 1.807) is 0 Å². The van der Waals surface area contributed by atoms with Gasteiger partial charge in [-0.15, -0.1) is 0 Å². The molecule has 0 aromatic heterocycles. The summed E-state index contributed by atoms with van der Waals surface area (Å²) in [5.41, 5.74) is 5.75. The number of aliphatic hydroxyl groups excluding tert-OH is 1. The van der Waals surface area contributed by atoms with Crippen molar-refractivity contribution >= 4 is 45.2 Å². The van der Waals surface area contributed by atoms with E-state index in [4.69, 9.17) is 20.6 Å². The van der Waals surface area contributed by atoms with Gasteiger partial charge in [0.2, 0.25) is 23.6 Å². The van der Waals surface area contributed by atoms with Crippen LogP contribution in [0.25, 0.3) is 0 Å². The minimum Gasteiger partial charge on any atom is -0.480 e. The highest BCUT2D eigenvalue weighted by atomic mass is 31.2. The Morgan fingerprint density at radius 3 is 1.77 bits per heavy atom. The topological polar surface area (TPSA) is 333 Å². The number of hydrogen-bond acceptors (Lipinski definition) is 11. The number of hydrogen-bond donors (Lipinski definition) is 11. The maximum atomic E-state index is 13.3. The van der Waals surface area contributed by atoms with Crippen LogP contribution < -0.4 is 31.5 Å². The van der Waals surface area contributed by atoms with Gasteiger partial charge in [-0.2, -0.15) is 0 Å². The summed E-state index contributed by atoms with van der Waals surface area (Å²) >= 11 is 0. The van der Waals surface area contributed by atoms with Gasteiger partial charge in [0, 0.05) is 6.42 Å². The number of phosphoric ester groups is 2. The van der Waals surface area contributed by atoms with Crippen molar-refractivity contribution in [1.82, 2.24) is 21.3 Å². The smallest absolute Gasteiger partial charge is 0.480 e. The molecule has 1 aromatic rings. The number of benzene rings is 1. The summed E-state index contributed by atoms with van der Waals surface area (Å²) in [5, 5.41) is 27.3. The Bertz CT molecular complexity index is 1280. The summed E-state index contributed by atoms with van der Waals surface area (Å²) in [6.07, 6.45) is -2.08. The molecule has 248 valence electrons. The molecular weight excluding hydrogens is 636 g/mol. The first-order valence-electron chi connectivity index (χ1n) is 12.5. The number of carbonyl (C=O) groups is 5. The van der Waals surface area contributed by atoms with Crippen molar-refractivity contribution in [2.24, 2.45) is 5.73 Å². The Morgan fingerprint density at radius 1 is 0.795 bits per heavy atom. The molecule has 20 nitrogen and oxygen atoms in total. The minimum atomic E-state index is -5.19. The molecule has 0 fully saturated rings. The van der Waals surface area contributed by atoms with Crippen molar-refractivity contribution in [2.75, 3.05) is 6.61 Å². The van der Waals surface area contributed by atoms with E-state index in [1.165, 1.54) is 19.1 Å². The molecule has 0 aliphatic rings. The Kier molecular flexibility index (Phi) is 14.5. The number of aliphatic hydroxyl groups is 1. The number of phosphoric acid groups is 2. The van der Waals surface area contributed by atoms with Crippen molar-refractivity contribution in [1.29, 1.82) is 0 Å². The number of amides is 4. The first kappa shape index (κ1) is 38.6. The number of nitrogens with two attached hydrogens (primary N) is 1. The Balaban J connectivity index is 3.38. The van der Waals surface area contributed by atoms with Crippen LogP contribution in [0.1, 0.15) is 26.3 Å². The molecule has 0 unspecified atom stereocenters. The third-order valence-corrected chi connectivity index (χ3v) is 6.59. The molecule has 6 atom stereocenters. The fourth-order valence-corrected chi connectivity index (χ4v) is 4.28. The van der Waals surface area contributed by atoms with Crippen LogP contribution in [0, 0.1) is 0 Å². The average molecular weight is 671 g/mol. The van der Waals surface area contributed by atoms with Gasteiger partial charge in [-0.05, 0) is 38.5 Å². The van der Waals surface area contributed by atoms with Crippen LogP contribution in [0.2, 0.25) is 0 Å². The van der Waals surface area contributed by atoms with E-state index in [1.807, 2.05) is 5.32 Å². The molecule has 0 heterocycles. The van der Waals surface area contributed by atoms with Gasteiger partial charge in [-0.25, -0.2) is 9.13 Å². The van der Waals surface area contributed by atoms with Gasteiger partial charge in [0.15, 0.2) is 0 Å². The lowest BCUT2D eigenvalue weighted by atomic mass is 10.0. The summed E-state index contributed by atoms with van der Waals surface area (Å²) < 4.78 is 31.4. The molecule has 0 saturated carbocycles. The molecule has 22 heteroatoms. The molecular formula is C22H35N5O15P2. The lowest BCUT2D eigenvalue weighted by Crippen LogP contribution is -2.61. The van der Waals surface area contributed by atoms with E-state index in [-0.39, 0.29) is 11.3 Å². The zero-order valence-electron chi connectivity index (χ0n) is 23.5. The van der Waals surface area contributed by atoms with Gasteiger partial charge in [0.1, 0.15) is 29.9 Å². The van der Waals surface area contributed by atoms with Crippen LogP contribution in [0.5, 0.6) is 5.75 Å². The summed E-state index contributed by atoms with van der Waals surface area (Å²) in [7, 11) is -10.1. The second kappa shape index (κ2) is 16.6. The molecule has 1 aromatic carbocycles. The molecule has 0 saturated heterocycles. The van der Waals surface area contributed by atoms with Crippen LogP contribution in [0.15, 0.2) is 24.3 Å². The van der Waals surface area contributed by atoms with Gasteiger partial charge in [0.05, 0.1) is 18.8 Å². The molecule has 44 heavy (non-hydrogen) atoms. The fourth-order valence-electron chi connectivity index (χ4n) is 3.33. The van der Waals surface area contributed by atoms with Crippen LogP contribution in [-0.2, 0) is 44.0 Å². The maximum absolute atomic E-state index is 13.3. The van der Waals surface area contributed by atoms with Crippen molar-refractivity contribution < 1.29 is 71.9 Å². The average Bonchev–Trinajstić information content (AvgIpc) is 2.88. The zero-order valence-corrected chi connectivity index (χ0v) is 25.3. The summed E-state index contributed by atoms with van der Waals surface area (Å²) in [6, 6.07) is -2.98. The molecule has 12 N–H and O–H groups in total. The largest absolute Gasteiger partial charge is 0.524 e. The van der Waals surface area contributed by atoms with E-state index < -0.39 is 94.6 Å². The molecule has 0 radical (unpaired) electrons. The van der Waals surface area contributed by atoms with Gasteiger partial charge >= 0.3 is 21.6 Å². The third-order valence-electron chi connectivity index (χ3n) is 5.53. The monoisotopic (exact) mass is 671 g/mol. The Hall–Kier alpha value is -3.45. The molecule has 1 rings (SSSR count). The second-order valence-electron chi connectivity index (χ2n) is 9.38. The first-order valence-corrected chi connectivity index (χ1v) is 15.6. The van der Waals surface area contributed by atoms with Gasteiger partial charge < -0.3 is 51.5 Å². The third kappa shape index (κ3) is 13.9. The number of carboxylic acid groups (broad SMARTS) is 1. The minimum absolute atomic E-state index is 0.240. The predicted molar refractivity (Wildman–Crippen MR) is 147 cm³/mol. The standard InChI is InChI=1S/C22H35N5O15P2/c1-10(23)18(29)27-17(12(3)41-43(35,36)37)21(32)25-15(8-13-4-6-14(7-5-13)42-44(38,39)40)19(30)26-16(9-28)20(31)24-11(2)22(33)34/h4-7,10-12,15-17,28H,8-9,23H2,1-3H3,(H,24,31)(H,25,32)(H,26,30)(H,27,29)(H,33,34)(H2,35,36,37)(H2,38,39,40)/t10-,11-,12+,15-,16-,17-/m0/s1. The van der Waals surface area contributed by atoms with Crippen LogP contribution in [0.3, 0.4) is 0 Å². The van der Waals surface area contributed by atoms with E-state index in [0.717, 1.165) is 26.0 Å². The molecule has 0 aliphatic carbocycles. The highest BCUT2D eigenvalue weighted by molar-refractivity contribution is 7.46. The summed E-state index contributed by atoms with van der Waals surface area (Å²) in [5.74, 6) is -6.01. The molecule has 0 spiro atoms. The Morgan fingerprint density at radius 2 is 1.32 bits per heavy atom. The highest BCUT2D eigenvalue weighted by Crippen LogP contribution is 2.38. The molecule has 0 bridgehead atoms. The number of carbonyl (C=O) groups excluding carboxylic acids is 4. The number of nitrogens with one attached hydrogen (secondary N) is 4. The van der Waals surface area contributed by atoms with Crippen molar-refractivity contribution in [2.45, 2.75) is 63.5 Å². The second-order valence-corrected chi connectivity index (χ2v) is 11.7. The van der Waals surface area contributed by atoms with Crippen molar-refractivity contribution in [3.8, 4) is 5.75 Å². The van der Waals surface area contributed by atoms with Gasteiger partial charge in [-0.1, -0.05) is 12.1 Å². The number of carboxylic acids is 1. The lowest BCUT2D eigenvalue weighted by Gasteiger charge is -2.28. The van der Waals surface area contributed by atoms with Gasteiger partial charge in [-0.3, -0.25) is 38.3 Å². The molecule has 0 aliphatic heterocycles. The predicted octanol–water partition coefficient (Wildman–Crippen LogP) is -3.42. The first-order chi connectivity index (χ1) is 20.1.